The smallest absolute Gasteiger partial charge is 0.0180 e. The number of nitrogens with zero attached hydrogens (tertiary/aromatic N) is 1. The molecule has 0 radical (unpaired) electrons. The van der Waals surface area contributed by atoms with E-state index in [1.54, 1.807) is 11.1 Å². The molecular weight excluding hydrogens is 242 g/mol. The van der Waals surface area contributed by atoms with Crippen LogP contribution in [0.3, 0.4) is 0 Å². The second-order valence-electron chi connectivity index (χ2n) is 6.58. The first-order chi connectivity index (χ1) is 9.69. The highest BCUT2D eigenvalue weighted by Gasteiger charge is 2.30. The summed E-state index contributed by atoms with van der Waals surface area (Å²) in [6.07, 6.45) is 6.49. The molecule has 2 aliphatic rings. The molecule has 20 heavy (non-hydrogen) atoms. The van der Waals surface area contributed by atoms with Crippen molar-refractivity contribution in [1.82, 2.24) is 4.90 Å². The van der Waals surface area contributed by atoms with Gasteiger partial charge in [-0.05, 0) is 62.0 Å². The highest BCUT2D eigenvalue weighted by atomic mass is 15.1. The zero-order valence-electron chi connectivity index (χ0n) is 13.0. The third-order valence-electron chi connectivity index (χ3n) is 5.07. The van der Waals surface area contributed by atoms with Gasteiger partial charge in [-0.25, -0.2) is 0 Å². The van der Waals surface area contributed by atoms with Crippen molar-refractivity contribution in [2.24, 2.45) is 5.92 Å². The van der Waals surface area contributed by atoms with Crippen LogP contribution in [-0.4, -0.2) is 18.0 Å². The van der Waals surface area contributed by atoms with Crippen molar-refractivity contribution in [2.45, 2.75) is 51.9 Å². The number of hydrogen-bond acceptors (Lipinski definition) is 1. The lowest BCUT2D eigenvalue weighted by Crippen LogP contribution is -2.32. The summed E-state index contributed by atoms with van der Waals surface area (Å²) in [4.78, 5) is 2.55. The van der Waals surface area contributed by atoms with E-state index in [0.717, 1.165) is 18.3 Å². The first-order valence-corrected chi connectivity index (χ1v) is 8.22. The molecule has 3 rings (SSSR count). The summed E-state index contributed by atoms with van der Waals surface area (Å²) in [5.74, 6) is 1.57. The summed E-state index contributed by atoms with van der Waals surface area (Å²) >= 11 is 0. The highest BCUT2D eigenvalue weighted by Crippen LogP contribution is 2.40. The summed E-state index contributed by atoms with van der Waals surface area (Å²) in [6.45, 7) is 11.2. The molecule has 0 amide bonds. The second kappa shape index (κ2) is 5.63. The van der Waals surface area contributed by atoms with E-state index in [1.165, 1.54) is 50.0 Å². The zero-order valence-corrected chi connectivity index (χ0v) is 13.0. The molecule has 1 saturated carbocycles. The van der Waals surface area contributed by atoms with Crippen LogP contribution in [0.15, 0.2) is 30.5 Å². The predicted molar refractivity (Wildman–Crippen MR) is 86.0 cm³/mol. The number of aryl methyl sites for hydroxylation is 2. The minimum Gasteiger partial charge on any atom is -0.375 e. The summed E-state index contributed by atoms with van der Waals surface area (Å²) in [5.41, 5.74) is 5.98. The molecule has 1 aromatic rings. The highest BCUT2D eigenvalue weighted by molar-refractivity contribution is 5.34. The van der Waals surface area contributed by atoms with Crippen molar-refractivity contribution >= 4 is 0 Å². The lowest BCUT2D eigenvalue weighted by atomic mass is 9.85. The van der Waals surface area contributed by atoms with E-state index in [0.29, 0.717) is 0 Å². The molecular formula is C19H27N. The van der Waals surface area contributed by atoms with Gasteiger partial charge in [0.25, 0.3) is 0 Å². The van der Waals surface area contributed by atoms with E-state index in [2.05, 4.69) is 43.5 Å². The van der Waals surface area contributed by atoms with Crippen LogP contribution in [0.1, 0.15) is 55.2 Å². The number of allylic oxidation sites excluding steroid dienone is 1. The molecule has 1 heteroatoms. The molecule has 1 aliphatic heterocycles. The molecule has 0 bridgehead atoms. The van der Waals surface area contributed by atoms with Gasteiger partial charge < -0.3 is 4.90 Å². The van der Waals surface area contributed by atoms with E-state index in [-0.39, 0.29) is 0 Å². The van der Waals surface area contributed by atoms with Gasteiger partial charge in [0.05, 0.1) is 0 Å². The Morgan fingerprint density at radius 1 is 1.20 bits per heavy atom. The molecule has 1 aliphatic carbocycles. The van der Waals surface area contributed by atoms with Gasteiger partial charge in [0.2, 0.25) is 0 Å². The van der Waals surface area contributed by atoms with Crippen LogP contribution in [0, 0.1) is 12.8 Å². The molecule has 108 valence electrons. The Kier molecular flexibility index (Phi) is 3.87. The lowest BCUT2D eigenvalue weighted by molar-refractivity contribution is 0.253. The van der Waals surface area contributed by atoms with Crippen molar-refractivity contribution in [3.8, 4) is 0 Å². The summed E-state index contributed by atoms with van der Waals surface area (Å²) < 4.78 is 0. The summed E-state index contributed by atoms with van der Waals surface area (Å²) in [7, 11) is 0. The Bertz CT molecular complexity index is 490. The second-order valence-corrected chi connectivity index (χ2v) is 6.58. The molecule has 1 aromatic carbocycles. The number of benzene rings is 1. The molecule has 0 spiro atoms. The number of piperidine rings is 1. The van der Waals surface area contributed by atoms with Crippen molar-refractivity contribution in [1.29, 1.82) is 0 Å². The molecule has 0 atom stereocenters. The van der Waals surface area contributed by atoms with Crippen LogP contribution >= 0.6 is 0 Å². The number of rotatable bonds is 4. The molecule has 2 fully saturated rings. The van der Waals surface area contributed by atoms with Gasteiger partial charge in [0.15, 0.2) is 0 Å². The lowest BCUT2D eigenvalue weighted by Gasteiger charge is -2.35. The number of hydrogen-bond donors (Lipinski definition) is 0. The van der Waals surface area contributed by atoms with Crippen LogP contribution in [0.5, 0.6) is 0 Å². The van der Waals surface area contributed by atoms with E-state index in [9.17, 15) is 0 Å². The largest absolute Gasteiger partial charge is 0.375 e. The Labute approximate surface area is 123 Å². The maximum Gasteiger partial charge on any atom is 0.0180 e. The van der Waals surface area contributed by atoms with Crippen LogP contribution < -0.4 is 0 Å². The molecule has 1 saturated heterocycles. The normalized spacial score (nSPS) is 20.2. The SMILES string of the molecule is C=C(C1CC1)N1CCC(c2ccc(C)cc2CC)CC1. The standard InChI is InChI=1S/C19H27N/c1-4-16-13-14(2)5-8-19(16)18-9-11-20(12-10-18)15(3)17-6-7-17/h5,8,13,17-18H,3-4,6-7,9-12H2,1-2H3. The van der Waals surface area contributed by atoms with Gasteiger partial charge in [-0.2, -0.15) is 0 Å². The molecule has 1 heterocycles. The van der Waals surface area contributed by atoms with Crippen LogP contribution in [0.25, 0.3) is 0 Å². The van der Waals surface area contributed by atoms with Crippen molar-refractivity contribution in [2.75, 3.05) is 13.1 Å². The molecule has 0 unspecified atom stereocenters. The fourth-order valence-electron chi connectivity index (χ4n) is 3.59. The first kappa shape index (κ1) is 13.7. The van der Waals surface area contributed by atoms with E-state index >= 15 is 0 Å². The van der Waals surface area contributed by atoms with Crippen LogP contribution in [0.2, 0.25) is 0 Å². The average molecular weight is 269 g/mol. The quantitative estimate of drug-likeness (QED) is 0.768. The minimum atomic E-state index is 0.758. The van der Waals surface area contributed by atoms with E-state index in [4.69, 9.17) is 0 Å². The maximum atomic E-state index is 4.31. The predicted octanol–water partition coefficient (Wildman–Crippen LogP) is 4.66. The molecule has 0 N–H and O–H groups in total. The van der Waals surface area contributed by atoms with Gasteiger partial charge >= 0.3 is 0 Å². The summed E-state index contributed by atoms with van der Waals surface area (Å²) in [5, 5.41) is 0. The third-order valence-corrected chi connectivity index (χ3v) is 5.07. The Hall–Kier alpha value is -1.24. The fraction of sp³-hybridized carbons (Fsp3) is 0.579. The minimum absolute atomic E-state index is 0.758. The Morgan fingerprint density at radius 2 is 1.90 bits per heavy atom. The van der Waals surface area contributed by atoms with Crippen molar-refractivity contribution in [3.63, 3.8) is 0 Å². The zero-order chi connectivity index (χ0) is 14.1. The van der Waals surface area contributed by atoms with Gasteiger partial charge in [-0.15, -0.1) is 0 Å². The Morgan fingerprint density at radius 3 is 2.50 bits per heavy atom. The van der Waals surface area contributed by atoms with Crippen LogP contribution in [-0.2, 0) is 6.42 Å². The van der Waals surface area contributed by atoms with Crippen molar-refractivity contribution in [3.05, 3.63) is 47.2 Å². The first-order valence-electron chi connectivity index (χ1n) is 8.22. The monoisotopic (exact) mass is 269 g/mol. The topological polar surface area (TPSA) is 3.24 Å². The van der Waals surface area contributed by atoms with Crippen molar-refractivity contribution < 1.29 is 0 Å². The van der Waals surface area contributed by atoms with Gasteiger partial charge in [-0.3, -0.25) is 0 Å². The third kappa shape index (κ3) is 2.77. The van der Waals surface area contributed by atoms with Gasteiger partial charge in [-0.1, -0.05) is 37.3 Å². The molecule has 0 aromatic heterocycles. The Balaban J connectivity index is 1.67. The van der Waals surface area contributed by atoms with Crippen LogP contribution in [0.4, 0.5) is 0 Å². The summed E-state index contributed by atoms with van der Waals surface area (Å²) in [6, 6.07) is 7.04. The fourth-order valence-corrected chi connectivity index (χ4v) is 3.59. The maximum absolute atomic E-state index is 4.31. The van der Waals surface area contributed by atoms with E-state index < -0.39 is 0 Å². The average Bonchev–Trinajstić information content (AvgIpc) is 3.31. The van der Waals surface area contributed by atoms with Gasteiger partial charge in [0.1, 0.15) is 0 Å². The van der Waals surface area contributed by atoms with E-state index in [1.807, 2.05) is 0 Å². The van der Waals surface area contributed by atoms with Gasteiger partial charge in [0, 0.05) is 18.8 Å². The molecule has 1 nitrogen and oxygen atoms in total. The number of likely N-dealkylation sites (tertiary alicyclic amines) is 1.